The molecule has 2 N–H and O–H groups in total. The smallest absolute Gasteiger partial charge is 0.154 e. The van der Waals surface area contributed by atoms with E-state index < -0.39 is 0 Å². The molecule has 0 saturated heterocycles. The van der Waals surface area contributed by atoms with E-state index in [9.17, 15) is 4.39 Å². The molecule has 1 aromatic heterocycles. The van der Waals surface area contributed by atoms with Crippen molar-refractivity contribution in [1.29, 1.82) is 0 Å². The Morgan fingerprint density at radius 1 is 1.40 bits per heavy atom. The number of benzene rings is 1. The maximum absolute atomic E-state index is 13.2. The average molecular weight is 240 g/mol. The highest BCUT2D eigenvalue weighted by Gasteiger charge is 2.03. The molecule has 78 valence electrons. The maximum atomic E-state index is 13.2. The lowest BCUT2D eigenvalue weighted by molar-refractivity contribution is 0.621. The van der Waals surface area contributed by atoms with Gasteiger partial charge in [0.2, 0.25) is 0 Å². The van der Waals surface area contributed by atoms with Crippen molar-refractivity contribution in [2.75, 3.05) is 0 Å². The van der Waals surface area contributed by atoms with E-state index in [1.807, 2.05) is 11.4 Å². The van der Waals surface area contributed by atoms with Crippen LogP contribution in [0.25, 0.3) is 0 Å². The fourth-order valence-corrected chi connectivity index (χ4v) is 2.86. The zero-order chi connectivity index (χ0) is 10.7. The number of thiazole rings is 1. The van der Waals surface area contributed by atoms with Crippen LogP contribution in [0.1, 0.15) is 5.56 Å². The standard InChI is InChI=1S/C10H9FN2S2/c11-8-3-7(6-12)4-9(5-8)15-10-13-1-2-14-10/h1-5H,6,12H2. The first-order chi connectivity index (χ1) is 7.28. The predicted octanol–water partition coefficient (Wildman–Crippen LogP) is 2.89. The molecule has 0 atom stereocenters. The van der Waals surface area contributed by atoms with E-state index in [1.54, 1.807) is 6.20 Å². The molecule has 0 bridgehead atoms. The van der Waals surface area contributed by atoms with Gasteiger partial charge >= 0.3 is 0 Å². The molecule has 0 aliphatic heterocycles. The summed E-state index contributed by atoms with van der Waals surface area (Å²) in [6, 6.07) is 4.83. The Labute approximate surface area is 95.3 Å². The Hall–Kier alpha value is -0.910. The molecular formula is C10H9FN2S2. The summed E-state index contributed by atoms with van der Waals surface area (Å²) in [5.74, 6) is -0.253. The van der Waals surface area contributed by atoms with Gasteiger partial charge in [0, 0.05) is 23.0 Å². The van der Waals surface area contributed by atoms with Crippen LogP contribution in [0.2, 0.25) is 0 Å². The second kappa shape index (κ2) is 4.74. The van der Waals surface area contributed by atoms with Gasteiger partial charge in [-0.1, -0.05) is 11.8 Å². The summed E-state index contributed by atoms with van der Waals surface area (Å²) in [6.07, 6.45) is 1.73. The normalized spacial score (nSPS) is 10.5. The fourth-order valence-electron chi connectivity index (χ4n) is 1.16. The van der Waals surface area contributed by atoms with E-state index in [1.165, 1.54) is 35.2 Å². The van der Waals surface area contributed by atoms with Crippen molar-refractivity contribution in [2.24, 2.45) is 5.73 Å². The molecule has 1 heterocycles. The summed E-state index contributed by atoms with van der Waals surface area (Å²) in [7, 11) is 0. The van der Waals surface area contributed by atoms with Crippen LogP contribution in [0, 0.1) is 5.82 Å². The van der Waals surface area contributed by atoms with Crippen LogP contribution in [-0.4, -0.2) is 4.98 Å². The summed E-state index contributed by atoms with van der Waals surface area (Å²) in [4.78, 5) is 4.96. The van der Waals surface area contributed by atoms with Crippen molar-refractivity contribution < 1.29 is 4.39 Å². The second-order valence-corrected chi connectivity index (χ2v) is 5.11. The number of aromatic nitrogens is 1. The molecule has 2 rings (SSSR count). The van der Waals surface area contributed by atoms with Crippen molar-refractivity contribution in [3.63, 3.8) is 0 Å². The molecule has 0 spiro atoms. The van der Waals surface area contributed by atoms with Crippen LogP contribution < -0.4 is 5.73 Å². The van der Waals surface area contributed by atoms with E-state index in [2.05, 4.69) is 4.98 Å². The van der Waals surface area contributed by atoms with Crippen molar-refractivity contribution in [1.82, 2.24) is 4.98 Å². The molecule has 2 aromatic rings. The SMILES string of the molecule is NCc1cc(F)cc(Sc2nccs2)c1. The van der Waals surface area contributed by atoms with E-state index >= 15 is 0 Å². The second-order valence-electron chi connectivity index (χ2n) is 2.90. The van der Waals surface area contributed by atoms with Crippen molar-refractivity contribution in [3.05, 3.63) is 41.2 Å². The number of hydrogen-bond donors (Lipinski definition) is 1. The van der Waals surface area contributed by atoms with Crippen molar-refractivity contribution >= 4 is 23.1 Å². The molecule has 15 heavy (non-hydrogen) atoms. The summed E-state index contributed by atoms with van der Waals surface area (Å²) in [5, 5.41) is 1.89. The van der Waals surface area contributed by atoms with E-state index in [0.717, 1.165) is 14.8 Å². The highest BCUT2D eigenvalue weighted by atomic mass is 32.2. The topological polar surface area (TPSA) is 38.9 Å². The quantitative estimate of drug-likeness (QED) is 0.896. The molecule has 0 amide bonds. The van der Waals surface area contributed by atoms with Gasteiger partial charge in [-0.15, -0.1) is 11.3 Å². The first-order valence-electron chi connectivity index (χ1n) is 4.35. The van der Waals surface area contributed by atoms with Crippen LogP contribution in [0.4, 0.5) is 4.39 Å². The van der Waals surface area contributed by atoms with Gasteiger partial charge in [0.25, 0.3) is 0 Å². The van der Waals surface area contributed by atoms with Gasteiger partial charge in [0.05, 0.1) is 0 Å². The van der Waals surface area contributed by atoms with Crippen LogP contribution in [0.3, 0.4) is 0 Å². The largest absolute Gasteiger partial charge is 0.326 e. The Bertz CT molecular complexity index is 443. The van der Waals surface area contributed by atoms with Gasteiger partial charge in [0.15, 0.2) is 4.34 Å². The maximum Gasteiger partial charge on any atom is 0.154 e. The van der Waals surface area contributed by atoms with Crippen molar-refractivity contribution in [2.45, 2.75) is 15.8 Å². The highest BCUT2D eigenvalue weighted by Crippen LogP contribution is 2.30. The summed E-state index contributed by atoms with van der Waals surface area (Å²) < 4.78 is 14.1. The Kier molecular flexibility index (Phi) is 3.35. The molecular weight excluding hydrogens is 231 g/mol. The van der Waals surface area contributed by atoms with Gasteiger partial charge in [-0.05, 0) is 23.8 Å². The molecule has 0 fully saturated rings. The van der Waals surface area contributed by atoms with Gasteiger partial charge in [-0.2, -0.15) is 0 Å². The van der Waals surface area contributed by atoms with Crippen molar-refractivity contribution in [3.8, 4) is 0 Å². The third-order valence-electron chi connectivity index (χ3n) is 1.78. The van der Waals surface area contributed by atoms with E-state index in [-0.39, 0.29) is 5.82 Å². The van der Waals surface area contributed by atoms with Gasteiger partial charge in [0.1, 0.15) is 5.82 Å². The van der Waals surface area contributed by atoms with Crippen LogP contribution in [0.5, 0.6) is 0 Å². The third-order valence-corrected chi connectivity index (χ3v) is 3.64. The zero-order valence-electron chi connectivity index (χ0n) is 7.81. The van der Waals surface area contributed by atoms with Crippen LogP contribution in [0.15, 0.2) is 39.0 Å². The number of rotatable bonds is 3. The number of halogens is 1. The van der Waals surface area contributed by atoms with Crippen LogP contribution in [-0.2, 0) is 6.54 Å². The Morgan fingerprint density at radius 2 is 2.27 bits per heavy atom. The highest BCUT2D eigenvalue weighted by molar-refractivity contribution is 8.01. The molecule has 0 aliphatic rings. The molecule has 0 aliphatic carbocycles. The lowest BCUT2D eigenvalue weighted by Gasteiger charge is -2.02. The van der Waals surface area contributed by atoms with Gasteiger partial charge < -0.3 is 5.73 Å². The zero-order valence-corrected chi connectivity index (χ0v) is 9.45. The van der Waals surface area contributed by atoms with E-state index in [0.29, 0.717) is 6.54 Å². The molecule has 5 heteroatoms. The number of hydrogen-bond acceptors (Lipinski definition) is 4. The van der Waals surface area contributed by atoms with Gasteiger partial charge in [-0.25, -0.2) is 9.37 Å². The van der Waals surface area contributed by atoms with E-state index in [4.69, 9.17) is 5.73 Å². The lowest BCUT2D eigenvalue weighted by atomic mass is 10.2. The Balaban J connectivity index is 2.24. The predicted molar refractivity (Wildman–Crippen MR) is 60.5 cm³/mol. The summed E-state index contributed by atoms with van der Waals surface area (Å²) in [5.41, 5.74) is 6.27. The number of nitrogens with two attached hydrogens (primary N) is 1. The van der Waals surface area contributed by atoms with Gasteiger partial charge in [-0.3, -0.25) is 0 Å². The average Bonchev–Trinajstić information content (AvgIpc) is 2.69. The summed E-state index contributed by atoms with van der Waals surface area (Å²) >= 11 is 2.99. The minimum Gasteiger partial charge on any atom is -0.326 e. The number of nitrogens with zero attached hydrogens (tertiary/aromatic N) is 1. The molecule has 1 aromatic carbocycles. The monoisotopic (exact) mass is 240 g/mol. The van der Waals surface area contributed by atoms with Crippen LogP contribution >= 0.6 is 23.1 Å². The first kappa shape index (κ1) is 10.6. The minimum absolute atomic E-state index is 0.253. The lowest BCUT2D eigenvalue weighted by Crippen LogP contribution is -1.96. The fraction of sp³-hybridized carbons (Fsp3) is 0.100. The molecule has 0 saturated carbocycles. The Morgan fingerprint density at radius 3 is 2.93 bits per heavy atom. The first-order valence-corrected chi connectivity index (χ1v) is 6.04. The summed E-state index contributed by atoms with van der Waals surface area (Å²) in [6.45, 7) is 0.350. The molecule has 0 unspecified atom stereocenters. The third kappa shape index (κ3) is 2.77. The molecule has 0 radical (unpaired) electrons. The minimum atomic E-state index is -0.253. The molecule has 2 nitrogen and oxygen atoms in total.